The van der Waals surface area contributed by atoms with Gasteiger partial charge in [0, 0.05) is 16.2 Å². The molecule has 1 atom stereocenters. The Hall–Kier alpha value is -1.40. The van der Waals surface area contributed by atoms with Crippen LogP contribution in [0.4, 0.5) is 11.4 Å². The molecule has 1 unspecified atom stereocenters. The number of nitro groups is 1. The fraction of sp³-hybridized carbons (Fsp3) is 0.200. The molecule has 4 nitrogen and oxygen atoms in total. The smallest absolute Gasteiger partial charge is 0.283 e. The molecule has 3 rings (SSSR count). The van der Waals surface area contributed by atoms with Gasteiger partial charge in [-0.05, 0) is 64.2 Å². The van der Waals surface area contributed by atoms with Gasteiger partial charge in [0.2, 0.25) is 0 Å². The number of benzene rings is 2. The Balaban J connectivity index is 1.83. The fourth-order valence-electron chi connectivity index (χ4n) is 2.68. The zero-order valence-electron chi connectivity index (χ0n) is 11.0. The molecule has 1 aliphatic carbocycles. The van der Waals surface area contributed by atoms with E-state index in [1.807, 2.05) is 6.07 Å². The normalized spacial score (nSPS) is 16.6. The van der Waals surface area contributed by atoms with Gasteiger partial charge >= 0.3 is 0 Å². The maximum absolute atomic E-state index is 10.8. The van der Waals surface area contributed by atoms with Crippen molar-refractivity contribution < 1.29 is 4.92 Å². The van der Waals surface area contributed by atoms with Gasteiger partial charge in [-0.2, -0.15) is 0 Å². The minimum Gasteiger partial charge on any atom is -0.378 e. The molecule has 0 bridgehead atoms. The molecular formula is C15H12Br2N2O2. The van der Waals surface area contributed by atoms with Gasteiger partial charge < -0.3 is 5.32 Å². The zero-order chi connectivity index (χ0) is 15.0. The average molecular weight is 412 g/mol. The Morgan fingerprint density at radius 1 is 1.19 bits per heavy atom. The molecular weight excluding hydrogens is 400 g/mol. The van der Waals surface area contributed by atoms with E-state index in [1.54, 1.807) is 12.1 Å². The van der Waals surface area contributed by atoms with E-state index in [9.17, 15) is 10.1 Å². The first-order valence-corrected chi connectivity index (χ1v) is 8.12. The average Bonchev–Trinajstić information content (AvgIpc) is 2.80. The van der Waals surface area contributed by atoms with Crippen molar-refractivity contribution >= 4 is 43.2 Å². The summed E-state index contributed by atoms with van der Waals surface area (Å²) in [5.74, 6) is 0. The lowest BCUT2D eigenvalue weighted by Gasteiger charge is -2.16. The van der Waals surface area contributed by atoms with Crippen LogP contribution in [0.2, 0.25) is 0 Å². The summed E-state index contributed by atoms with van der Waals surface area (Å²) in [5.41, 5.74) is 3.61. The molecule has 0 saturated heterocycles. The second-order valence-corrected chi connectivity index (χ2v) is 6.77. The number of hydrogen-bond acceptors (Lipinski definition) is 3. The Morgan fingerprint density at radius 3 is 2.71 bits per heavy atom. The number of rotatable bonds is 3. The van der Waals surface area contributed by atoms with Crippen LogP contribution in [-0.2, 0) is 6.42 Å². The summed E-state index contributed by atoms with van der Waals surface area (Å²) in [6, 6.07) is 11.6. The first-order valence-electron chi connectivity index (χ1n) is 6.53. The second kappa shape index (κ2) is 5.77. The maximum Gasteiger partial charge on any atom is 0.283 e. The monoisotopic (exact) mass is 410 g/mol. The van der Waals surface area contributed by atoms with E-state index >= 15 is 0 Å². The number of hydrogen-bond donors (Lipinski definition) is 1. The van der Waals surface area contributed by atoms with Crippen LogP contribution in [0.1, 0.15) is 23.6 Å². The van der Waals surface area contributed by atoms with E-state index < -0.39 is 4.92 Å². The van der Waals surface area contributed by atoms with Gasteiger partial charge in [-0.3, -0.25) is 10.1 Å². The quantitative estimate of drug-likeness (QED) is 0.556. The number of nitrogens with zero attached hydrogens (tertiary/aromatic N) is 1. The molecule has 0 heterocycles. The molecule has 2 aromatic carbocycles. The summed E-state index contributed by atoms with van der Waals surface area (Å²) in [4.78, 5) is 10.4. The number of anilines is 1. The van der Waals surface area contributed by atoms with Gasteiger partial charge in [0.25, 0.3) is 5.69 Å². The third kappa shape index (κ3) is 2.96. The zero-order valence-corrected chi connectivity index (χ0v) is 14.1. The van der Waals surface area contributed by atoms with Crippen molar-refractivity contribution in [1.82, 2.24) is 0 Å². The number of nitrogens with one attached hydrogen (secondary N) is 1. The molecule has 0 amide bonds. The molecule has 0 fully saturated rings. The predicted molar refractivity (Wildman–Crippen MR) is 89.6 cm³/mol. The summed E-state index contributed by atoms with van der Waals surface area (Å²) >= 11 is 6.74. The largest absolute Gasteiger partial charge is 0.378 e. The van der Waals surface area contributed by atoms with Crippen molar-refractivity contribution in [3.05, 3.63) is 66.6 Å². The number of nitro benzene ring substituents is 1. The van der Waals surface area contributed by atoms with Crippen molar-refractivity contribution in [1.29, 1.82) is 0 Å². The van der Waals surface area contributed by atoms with Gasteiger partial charge in [0.05, 0.1) is 15.4 Å². The van der Waals surface area contributed by atoms with E-state index in [0.717, 1.165) is 23.0 Å². The van der Waals surface area contributed by atoms with E-state index in [0.29, 0.717) is 4.47 Å². The fourth-order valence-corrected chi connectivity index (χ4v) is 3.61. The van der Waals surface area contributed by atoms with Gasteiger partial charge in [-0.25, -0.2) is 0 Å². The van der Waals surface area contributed by atoms with Crippen LogP contribution in [0.25, 0.3) is 0 Å². The van der Waals surface area contributed by atoms with Crippen LogP contribution in [-0.4, -0.2) is 4.92 Å². The molecule has 0 spiro atoms. The Bertz CT molecular complexity index is 719. The van der Waals surface area contributed by atoms with Crippen LogP contribution in [0, 0.1) is 10.1 Å². The summed E-state index contributed by atoms with van der Waals surface area (Å²) in [6.45, 7) is 0. The highest BCUT2D eigenvalue weighted by molar-refractivity contribution is 9.10. The second-order valence-electron chi connectivity index (χ2n) is 5.00. The molecule has 108 valence electrons. The summed E-state index contributed by atoms with van der Waals surface area (Å²) < 4.78 is 1.59. The lowest BCUT2D eigenvalue weighted by atomic mass is 10.1. The first kappa shape index (κ1) is 14.5. The van der Waals surface area contributed by atoms with E-state index in [-0.39, 0.29) is 11.7 Å². The number of halogens is 2. The van der Waals surface area contributed by atoms with Crippen LogP contribution >= 0.6 is 31.9 Å². The van der Waals surface area contributed by atoms with Gasteiger partial charge in [0.1, 0.15) is 0 Å². The van der Waals surface area contributed by atoms with E-state index in [2.05, 4.69) is 49.3 Å². The van der Waals surface area contributed by atoms with Crippen molar-refractivity contribution in [2.45, 2.75) is 18.9 Å². The van der Waals surface area contributed by atoms with Crippen LogP contribution < -0.4 is 5.32 Å². The first-order chi connectivity index (χ1) is 10.0. The molecule has 0 aromatic heterocycles. The molecule has 0 saturated carbocycles. The predicted octanol–water partition coefficient (Wildman–Crippen LogP) is 5.22. The molecule has 1 N–H and O–H groups in total. The maximum atomic E-state index is 10.8. The molecule has 0 radical (unpaired) electrons. The standard InChI is InChI=1S/C15H12Br2N2O2/c16-10-2-4-12-9(7-10)1-5-14(12)18-11-3-6-15(19(20)21)13(17)8-11/h2-4,6-8,14,18H,1,5H2. The molecule has 21 heavy (non-hydrogen) atoms. The van der Waals surface area contributed by atoms with Crippen molar-refractivity contribution in [2.24, 2.45) is 0 Å². The lowest BCUT2D eigenvalue weighted by Crippen LogP contribution is -2.07. The SMILES string of the molecule is O=[N+]([O-])c1ccc(NC2CCc3cc(Br)ccc32)cc1Br. The third-order valence-electron chi connectivity index (χ3n) is 3.67. The van der Waals surface area contributed by atoms with Crippen molar-refractivity contribution in [2.75, 3.05) is 5.32 Å². The van der Waals surface area contributed by atoms with Gasteiger partial charge in [0.15, 0.2) is 0 Å². The van der Waals surface area contributed by atoms with Crippen LogP contribution in [0.15, 0.2) is 45.3 Å². The van der Waals surface area contributed by atoms with Gasteiger partial charge in [-0.1, -0.05) is 22.0 Å². The topological polar surface area (TPSA) is 55.2 Å². The number of fused-ring (bicyclic) bond motifs is 1. The minimum atomic E-state index is -0.393. The van der Waals surface area contributed by atoms with Crippen LogP contribution in [0.3, 0.4) is 0 Å². The molecule has 0 aliphatic heterocycles. The van der Waals surface area contributed by atoms with Gasteiger partial charge in [-0.15, -0.1) is 0 Å². The van der Waals surface area contributed by atoms with Crippen molar-refractivity contribution in [3.8, 4) is 0 Å². The highest BCUT2D eigenvalue weighted by Crippen LogP contribution is 2.36. The highest BCUT2D eigenvalue weighted by atomic mass is 79.9. The molecule has 2 aromatic rings. The van der Waals surface area contributed by atoms with E-state index in [1.165, 1.54) is 17.2 Å². The van der Waals surface area contributed by atoms with E-state index in [4.69, 9.17) is 0 Å². The molecule has 1 aliphatic rings. The molecule has 6 heteroatoms. The Labute approximate surface area is 139 Å². The number of aryl methyl sites for hydroxylation is 1. The Kier molecular flexibility index (Phi) is 3.99. The van der Waals surface area contributed by atoms with Crippen LogP contribution in [0.5, 0.6) is 0 Å². The highest BCUT2D eigenvalue weighted by Gasteiger charge is 2.23. The lowest BCUT2D eigenvalue weighted by molar-refractivity contribution is -0.385. The summed E-state index contributed by atoms with van der Waals surface area (Å²) in [6.07, 6.45) is 2.07. The minimum absolute atomic E-state index is 0.0799. The third-order valence-corrected chi connectivity index (χ3v) is 4.80. The van der Waals surface area contributed by atoms with Crippen molar-refractivity contribution in [3.63, 3.8) is 0 Å². The summed E-state index contributed by atoms with van der Waals surface area (Å²) in [7, 11) is 0. The summed E-state index contributed by atoms with van der Waals surface area (Å²) in [5, 5.41) is 14.3. The Morgan fingerprint density at radius 2 is 2.00 bits per heavy atom.